The molecule has 0 radical (unpaired) electrons. The third-order valence-electron chi connectivity index (χ3n) is 9.75. The van der Waals surface area contributed by atoms with Gasteiger partial charge in [-0.1, -0.05) is 109 Å². The summed E-state index contributed by atoms with van der Waals surface area (Å²) in [6, 6.07) is 45.6. The van der Waals surface area contributed by atoms with Crippen LogP contribution >= 0.6 is 0 Å². The maximum absolute atomic E-state index is 2.49. The van der Waals surface area contributed by atoms with Crippen LogP contribution < -0.4 is 0 Å². The van der Waals surface area contributed by atoms with E-state index in [2.05, 4.69) is 126 Å². The fourth-order valence-corrected chi connectivity index (χ4v) is 8.20. The van der Waals surface area contributed by atoms with Crippen LogP contribution in [-0.4, -0.2) is 4.40 Å². The molecule has 10 rings (SSSR count). The summed E-state index contributed by atoms with van der Waals surface area (Å²) in [4.78, 5) is 0. The maximum atomic E-state index is 2.49. The molecule has 1 atom stereocenters. The van der Waals surface area contributed by atoms with Crippen molar-refractivity contribution in [3.63, 3.8) is 0 Å². The van der Waals surface area contributed by atoms with E-state index in [1.807, 2.05) is 0 Å². The van der Waals surface area contributed by atoms with E-state index in [1.54, 1.807) is 0 Å². The monoisotopic (exact) mass is 507 g/mol. The van der Waals surface area contributed by atoms with Gasteiger partial charge in [0.15, 0.2) is 0 Å². The first-order valence-electron chi connectivity index (χ1n) is 14.4. The van der Waals surface area contributed by atoms with Gasteiger partial charge in [-0.05, 0) is 75.0 Å². The Kier molecular flexibility index (Phi) is 3.89. The third kappa shape index (κ3) is 2.45. The van der Waals surface area contributed by atoms with Crippen molar-refractivity contribution in [3.8, 4) is 33.4 Å². The van der Waals surface area contributed by atoms with Crippen molar-refractivity contribution in [2.45, 2.75) is 18.8 Å². The molecule has 6 aromatic carbocycles. The van der Waals surface area contributed by atoms with E-state index in [4.69, 9.17) is 0 Å². The van der Waals surface area contributed by atoms with Crippen molar-refractivity contribution >= 4 is 38.1 Å². The lowest BCUT2D eigenvalue weighted by molar-refractivity contribution is 0.740. The Hall–Kier alpha value is -4.88. The maximum Gasteiger partial charge on any atom is 0.0626 e. The van der Waals surface area contributed by atoms with Crippen LogP contribution in [0.4, 0.5) is 0 Å². The highest BCUT2D eigenvalue weighted by Gasteiger charge is 2.35. The fraction of sp³-hybridized carbons (Fsp3) is 0.0769. The van der Waals surface area contributed by atoms with Crippen molar-refractivity contribution in [3.05, 3.63) is 138 Å². The average molecular weight is 508 g/mol. The SMILES string of the molecule is c1ccc2c(c1)CCC1c3ccccc3-c3c(-c4ccc5c6ccccc6n6c7ccccc7c4c56)ccc-2c31. The molecule has 1 unspecified atom stereocenters. The average Bonchev–Trinajstić information content (AvgIpc) is 3.61. The van der Waals surface area contributed by atoms with Gasteiger partial charge in [-0.15, -0.1) is 0 Å². The molecule has 8 aromatic rings. The van der Waals surface area contributed by atoms with Crippen LogP contribution in [-0.2, 0) is 6.42 Å². The summed E-state index contributed by atoms with van der Waals surface area (Å²) in [5.74, 6) is 0.435. The van der Waals surface area contributed by atoms with E-state index in [-0.39, 0.29) is 0 Å². The zero-order valence-corrected chi connectivity index (χ0v) is 22.0. The molecular formula is C39H25N. The highest BCUT2D eigenvalue weighted by atomic mass is 14.9. The molecule has 0 N–H and O–H groups in total. The first kappa shape index (κ1) is 21.0. The summed E-state index contributed by atoms with van der Waals surface area (Å²) in [5.41, 5.74) is 16.8. The van der Waals surface area contributed by atoms with Gasteiger partial charge in [-0.2, -0.15) is 0 Å². The number of nitrogens with zero attached hydrogens (tertiary/aromatic N) is 1. The summed E-state index contributed by atoms with van der Waals surface area (Å²) in [6.07, 6.45) is 2.27. The predicted molar refractivity (Wildman–Crippen MR) is 168 cm³/mol. The Morgan fingerprint density at radius 3 is 2.08 bits per heavy atom. The lowest BCUT2D eigenvalue weighted by atomic mass is 9.85. The second kappa shape index (κ2) is 7.40. The lowest BCUT2D eigenvalue weighted by Crippen LogP contribution is -1.97. The normalized spacial score (nSPS) is 15.6. The van der Waals surface area contributed by atoms with Crippen LogP contribution in [0.15, 0.2) is 121 Å². The van der Waals surface area contributed by atoms with Gasteiger partial charge in [0.05, 0.1) is 16.6 Å². The standard InChI is InChI=1S/C39H25N/c1-2-10-24-23(9-1)17-18-29-25-11-3-4-13-27(25)36-30(20-19-28(24)37(29)36)31-21-22-32-26-12-5-7-15-34(26)40-35-16-8-6-14-33(35)38(31)39(32)40/h1-16,19-22,29H,17-18H2. The Balaban J connectivity index is 1.38. The Morgan fingerprint density at radius 2 is 1.18 bits per heavy atom. The van der Waals surface area contributed by atoms with Gasteiger partial charge in [0.2, 0.25) is 0 Å². The van der Waals surface area contributed by atoms with E-state index >= 15 is 0 Å². The molecule has 0 aliphatic heterocycles. The number of para-hydroxylation sites is 2. The minimum absolute atomic E-state index is 0.435. The Morgan fingerprint density at radius 1 is 0.500 bits per heavy atom. The number of aryl methyl sites for hydroxylation is 1. The summed E-state index contributed by atoms with van der Waals surface area (Å²) < 4.78 is 2.49. The van der Waals surface area contributed by atoms with E-state index in [0.29, 0.717) is 5.92 Å². The first-order chi connectivity index (χ1) is 19.9. The van der Waals surface area contributed by atoms with Gasteiger partial charge in [0.1, 0.15) is 0 Å². The van der Waals surface area contributed by atoms with Crippen LogP contribution in [0.5, 0.6) is 0 Å². The lowest BCUT2D eigenvalue weighted by Gasteiger charge is -2.17. The molecule has 2 aliphatic rings. The molecule has 2 aromatic heterocycles. The van der Waals surface area contributed by atoms with Crippen molar-refractivity contribution < 1.29 is 0 Å². The van der Waals surface area contributed by atoms with Crippen LogP contribution in [0.25, 0.3) is 71.5 Å². The predicted octanol–water partition coefficient (Wildman–Crippen LogP) is 10.2. The zero-order valence-electron chi connectivity index (χ0n) is 22.0. The second-order valence-electron chi connectivity index (χ2n) is 11.5. The molecule has 2 heterocycles. The van der Waals surface area contributed by atoms with Gasteiger partial charge < -0.3 is 4.40 Å². The molecule has 186 valence electrons. The first-order valence-corrected chi connectivity index (χ1v) is 14.4. The number of aromatic nitrogens is 1. The van der Waals surface area contributed by atoms with Gasteiger partial charge in [-0.25, -0.2) is 0 Å². The number of fused-ring (bicyclic) bond motifs is 11. The van der Waals surface area contributed by atoms with Crippen LogP contribution in [0.3, 0.4) is 0 Å². The molecule has 1 nitrogen and oxygen atoms in total. The van der Waals surface area contributed by atoms with Gasteiger partial charge in [-0.3, -0.25) is 0 Å². The molecule has 0 fully saturated rings. The zero-order chi connectivity index (χ0) is 25.9. The van der Waals surface area contributed by atoms with Crippen molar-refractivity contribution in [2.75, 3.05) is 0 Å². The van der Waals surface area contributed by atoms with Crippen LogP contribution in [0.1, 0.15) is 29.0 Å². The van der Waals surface area contributed by atoms with Crippen LogP contribution in [0, 0.1) is 0 Å². The Labute approximate surface area is 232 Å². The molecule has 2 aliphatic carbocycles. The van der Waals surface area contributed by atoms with Crippen molar-refractivity contribution in [1.82, 2.24) is 4.40 Å². The summed E-state index contributed by atoms with van der Waals surface area (Å²) in [7, 11) is 0. The molecule has 0 amide bonds. The van der Waals surface area contributed by atoms with Gasteiger partial charge >= 0.3 is 0 Å². The highest BCUT2D eigenvalue weighted by Crippen LogP contribution is 2.57. The number of hydrogen-bond donors (Lipinski definition) is 0. The topological polar surface area (TPSA) is 4.41 Å². The molecule has 40 heavy (non-hydrogen) atoms. The quantitative estimate of drug-likeness (QED) is 0.208. The van der Waals surface area contributed by atoms with Crippen molar-refractivity contribution in [1.29, 1.82) is 0 Å². The summed E-state index contributed by atoms with van der Waals surface area (Å²) in [5, 5.41) is 5.37. The molecule has 0 bridgehead atoms. The molecule has 0 saturated carbocycles. The number of rotatable bonds is 1. The van der Waals surface area contributed by atoms with E-state index in [1.165, 1.54) is 88.2 Å². The van der Waals surface area contributed by atoms with Gasteiger partial charge in [0.25, 0.3) is 0 Å². The smallest absolute Gasteiger partial charge is 0.0626 e. The molecular weight excluding hydrogens is 482 g/mol. The van der Waals surface area contributed by atoms with Gasteiger partial charge in [0, 0.05) is 27.5 Å². The molecule has 0 spiro atoms. The van der Waals surface area contributed by atoms with E-state index in [9.17, 15) is 0 Å². The minimum Gasteiger partial charge on any atom is -0.308 e. The van der Waals surface area contributed by atoms with E-state index < -0.39 is 0 Å². The highest BCUT2D eigenvalue weighted by molar-refractivity contribution is 6.27. The largest absolute Gasteiger partial charge is 0.308 e. The third-order valence-corrected chi connectivity index (χ3v) is 9.75. The summed E-state index contributed by atoms with van der Waals surface area (Å²) in [6.45, 7) is 0. The number of benzene rings is 6. The Bertz CT molecular complexity index is 2330. The van der Waals surface area contributed by atoms with Crippen molar-refractivity contribution in [2.24, 2.45) is 0 Å². The summed E-state index contributed by atoms with van der Waals surface area (Å²) >= 11 is 0. The molecule has 1 heteroatoms. The minimum atomic E-state index is 0.435. The van der Waals surface area contributed by atoms with Crippen LogP contribution in [0.2, 0.25) is 0 Å². The second-order valence-corrected chi connectivity index (χ2v) is 11.5. The van der Waals surface area contributed by atoms with E-state index in [0.717, 1.165) is 12.8 Å². The fourth-order valence-electron chi connectivity index (χ4n) is 8.20. The molecule has 0 saturated heterocycles. The number of hydrogen-bond acceptors (Lipinski definition) is 0.